The molecular weight excluding hydrogens is 373 g/mol. The summed E-state index contributed by atoms with van der Waals surface area (Å²) in [7, 11) is 0. The van der Waals surface area contributed by atoms with E-state index in [-0.39, 0.29) is 18.6 Å². The third-order valence-electron chi connectivity index (χ3n) is 4.00. The second kappa shape index (κ2) is 9.84. The van der Waals surface area contributed by atoms with Crippen LogP contribution in [0.2, 0.25) is 0 Å². The van der Waals surface area contributed by atoms with Crippen molar-refractivity contribution in [1.29, 1.82) is 0 Å². The third kappa shape index (κ3) is 6.66. The Morgan fingerprint density at radius 2 is 2.04 bits per heavy atom. The molecule has 1 fully saturated rings. The second-order valence-corrected chi connectivity index (χ2v) is 6.04. The molecule has 3 rings (SSSR count). The first-order chi connectivity index (χ1) is 13.3. The Hall–Kier alpha value is -2.94. The van der Waals surface area contributed by atoms with Gasteiger partial charge in [0.1, 0.15) is 12.1 Å². The van der Waals surface area contributed by atoms with E-state index in [4.69, 9.17) is 10.5 Å². The van der Waals surface area contributed by atoms with Crippen molar-refractivity contribution in [2.24, 2.45) is 0 Å². The monoisotopic (exact) mass is 394 g/mol. The van der Waals surface area contributed by atoms with Gasteiger partial charge >= 0.3 is 6.18 Å². The van der Waals surface area contributed by atoms with Crippen molar-refractivity contribution in [1.82, 2.24) is 14.9 Å². The molecule has 0 radical (unpaired) electrons. The number of hydrogen-bond acceptors (Lipinski definition) is 5. The molecule has 28 heavy (non-hydrogen) atoms. The Labute approximate surface area is 160 Å². The number of nitrogens with zero attached hydrogens (tertiary/aromatic N) is 3. The van der Waals surface area contributed by atoms with E-state index >= 15 is 0 Å². The normalized spacial score (nSPS) is 16.2. The number of nitrogen functional groups attached to an aromatic ring is 1. The maximum absolute atomic E-state index is 12.4. The molecule has 9 heteroatoms. The van der Waals surface area contributed by atoms with Crippen LogP contribution in [0.25, 0.3) is 0 Å². The summed E-state index contributed by atoms with van der Waals surface area (Å²) in [5.74, 6) is 0.380. The van der Waals surface area contributed by atoms with Gasteiger partial charge in [0.05, 0.1) is 18.3 Å². The molecule has 1 saturated heterocycles. The summed E-state index contributed by atoms with van der Waals surface area (Å²) in [6.07, 6.45) is 0.586. The molecular formula is C19H21F3N4O2. The number of hydrogen-bond donors (Lipinski definition) is 1. The number of carbonyl (C=O) groups is 1. The van der Waals surface area contributed by atoms with Gasteiger partial charge in [-0.2, -0.15) is 13.2 Å². The van der Waals surface area contributed by atoms with Crippen molar-refractivity contribution >= 4 is 11.7 Å². The van der Waals surface area contributed by atoms with Crippen LogP contribution in [0.3, 0.4) is 0 Å². The fraction of sp³-hybridized carbons (Fsp3) is 0.316. The molecule has 0 aliphatic carbocycles. The number of halogens is 3. The highest BCUT2D eigenvalue weighted by atomic mass is 19.4. The van der Waals surface area contributed by atoms with Gasteiger partial charge in [-0.25, -0.2) is 9.97 Å². The summed E-state index contributed by atoms with van der Waals surface area (Å²) in [4.78, 5) is 20.4. The third-order valence-corrected chi connectivity index (χ3v) is 4.00. The zero-order chi connectivity index (χ0) is 20.6. The van der Waals surface area contributed by atoms with Crippen LogP contribution in [0.15, 0.2) is 55.5 Å². The van der Waals surface area contributed by atoms with Crippen molar-refractivity contribution in [3.8, 4) is 0 Å². The highest BCUT2D eigenvalue weighted by Crippen LogP contribution is 2.29. The van der Waals surface area contributed by atoms with Gasteiger partial charge in [-0.3, -0.25) is 4.79 Å². The molecule has 6 nitrogen and oxygen atoms in total. The molecule has 2 aromatic rings. The van der Waals surface area contributed by atoms with Gasteiger partial charge in [-0.1, -0.05) is 18.7 Å². The largest absolute Gasteiger partial charge is 0.416 e. The van der Waals surface area contributed by atoms with Crippen LogP contribution in [-0.2, 0) is 22.3 Å². The number of alkyl halides is 3. The fourth-order valence-electron chi connectivity index (χ4n) is 2.50. The molecule has 2 N–H and O–H groups in total. The number of ether oxygens (including phenoxy) is 1. The van der Waals surface area contributed by atoms with Crippen LogP contribution in [-0.4, -0.2) is 40.0 Å². The summed E-state index contributed by atoms with van der Waals surface area (Å²) in [5, 5.41) is 0. The number of likely N-dealkylation sites (tertiary alicyclic amines) is 1. The van der Waals surface area contributed by atoms with Gasteiger partial charge in [-0.05, 0) is 36.3 Å². The van der Waals surface area contributed by atoms with Crippen molar-refractivity contribution in [3.05, 3.63) is 66.6 Å². The summed E-state index contributed by atoms with van der Waals surface area (Å²) in [6.45, 7) is 4.77. The van der Waals surface area contributed by atoms with Gasteiger partial charge in [0.2, 0.25) is 5.91 Å². The predicted molar refractivity (Wildman–Crippen MR) is 97.9 cm³/mol. The molecule has 1 atom stereocenters. The number of carbonyl (C=O) groups excluding carboxylic acids is 1. The zero-order valence-electron chi connectivity index (χ0n) is 15.1. The van der Waals surface area contributed by atoms with Crippen LogP contribution < -0.4 is 5.73 Å². The molecule has 0 spiro atoms. The predicted octanol–water partition coefficient (Wildman–Crippen LogP) is 3.07. The minimum Gasteiger partial charge on any atom is -0.384 e. The lowest BCUT2D eigenvalue weighted by molar-refractivity contribution is -0.137. The molecule has 1 aliphatic heterocycles. The van der Waals surface area contributed by atoms with Crippen LogP contribution in [0, 0.1) is 0 Å². The first kappa shape index (κ1) is 21.4. The minimum absolute atomic E-state index is 0.0869. The topological polar surface area (TPSA) is 81.3 Å². The lowest BCUT2D eigenvalue weighted by atomic mass is 10.1. The number of rotatable bonds is 4. The van der Waals surface area contributed by atoms with E-state index < -0.39 is 11.7 Å². The van der Waals surface area contributed by atoms with E-state index in [1.165, 1.54) is 24.5 Å². The van der Waals surface area contributed by atoms with E-state index in [1.807, 2.05) is 0 Å². The summed E-state index contributed by atoms with van der Waals surface area (Å²) in [6, 6.07) is 6.54. The van der Waals surface area contributed by atoms with Gasteiger partial charge in [0.25, 0.3) is 0 Å². The van der Waals surface area contributed by atoms with Crippen LogP contribution in [0.5, 0.6) is 0 Å². The molecule has 1 aromatic carbocycles. The molecule has 1 unspecified atom stereocenters. The summed E-state index contributed by atoms with van der Waals surface area (Å²) < 4.78 is 42.9. The highest BCUT2D eigenvalue weighted by molar-refractivity contribution is 5.87. The van der Waals surface area contributed by atoms with Crippen molar-refractivity contribution < 1.29 is 22.7 Å². The molecule has 2 heterocycles. The van der Waals surface area contributed by atoms with Gasteiger partial charge < -0.3 is 15.4 Å². The quantitative estimate of drug-likeness (QED) is 0.806. The van der Waals surface area contributed by atoms with Crippen molar-refractivity contribution in [2.75, 3.05) is 18.8 Å². The van der Waals surface area contributed by atoms with Gasteiger partial charge in [0, 0.05) is 19.3 Å². The number of aromatic nitrogens is 2. The molecule has 0 saturated carbocycles. The van der Waals surface area contributed by atoms with E-state index in [9.17, 15) is 18.0 Å². The first-order valence-corrected chi connectivity index (χ1v) is 8.50. The fourth-order valence-corrected chi connectivity index (χ4v) is 2.50. The average molecular weight is 394 g/mol. The Morgan fingerprint density at radius 3 is 2.54 bits per heavy atom. The molecule has 150 valence electrons. The highest BCUT2D eigenvalue weighted by Gasteiger charge is 2.30. The molecule has 1 aliphatic rings. The smallest absolute Gasteiger partial charge is 0.384 e. The number of amides is 1. The van der Waals surface area contributed by atoms with E-state index in [1.54, 1.807) is 17.2 Å². The van der Waals surface area contributed by atoms with E-state index in [0.717, 1.165) is 18.6 Å². The second-order valence-electron chi connectivity index (χ2n) is 6.04. The van der Waals surface area contributed by atoms with Gasteiger partial charge in [0.15, 0.2) is 0 Å². The SMILES string of the molecule is C=CC(=O)N1CCC(OCc2ccc(C(F)(F)F)cc2)C1.Nc1ccncn1. The van der Waals surface area contributed by atoms with Crippen LogP contribution in [0.1, 0.15) is 17.5 Å². The maximum atomic E-state index is 12.4. The minimum atomic E-state index is -4.32. The van der Waals surface area contributed by atoms with E-state index in [0.29, 0.717) is 24.5 Å². The number of anilines is 1. The standard InChI is InChI=1S/C15H16F3NO2.C4H5N3/c1-2-14(20)19-8-7-13(9-19)21-10-11-3-5-12(6-4-11)15(16,17)18;5-4-1-2-6-3-7-4/h2-6,13H,1,7-10H2;1-3H,(H2,5,6,7). The van der Waals surface area contributed by atoms with Crippen molar-refractivity contribution in [2.45, 2.75) is 25.3 Å². The van der Waals surface area contributed by atoms with E-state index in [2.05, 4.69) is 16.5 Å². The number of benzene rings is 1. The lowest BCUT2D eigenvalue weighted by Gasteiger charge is -2.15. The first-order valence-electron chi connectivity index (χ1n) is 8.50. The average Bonchev–Trinajstić information content (AvgIpc) is 3.15. The Balaban J connectivity index is 0.000000336. The lowest BCUT2D eigenvalue weighted by Crippen LogP contribution is -2.28. The summed E-state index contributed by atoms with van der Waals surface area (Å²) >= 11 is 0. The van der Waals surface area contributed by atoms with Crippen molar-refractivity contribution in [3.63, 3.8) is 0 Å². The number of nitrogens with two attached hydrogens (primary N) is 1. The van der Waals surface area contributed by atoms with Crippen LogP contribution >= 0.6 is 0 Å². The Bertz CT molecular complexity index is 767. The Morgan fingerprint density at radius 1 is 1.32 bits per heavy atom. The van der Waals surface area contributed by atoms with Gasteiger partial charge in [-0.15, -0.1) is 0 Å². The van der Waals surface area contributed by atoms with Crippen LogP contribution in [0.4, 0.5) is 19.0 Å². The Kier molecular flexibility index (Phi) is 7.51. The molecule has 1 amide bonds. The molecule has 0 bridgehead atoms. The maximum Gasteiger partial charge on any atom is 0.416 e. The zero-order valence-corrected chi connectivity index (χ0v) is 15.1. The summed E-state index contributed by atoms with van der Waals surface area (Å²) in [5.41, 5.74) is 5.21. The molecule has 1 aromatic heterocycles.